The molecule has 0 radical (unpaired) electrons. The Morgan fingerprint density at radius 2 is 2.05 bits per heavy atom. The predicted octanol–water partition coefficient (Wildman–Crippen LogP) is 4.39. The number of carbonyl (C=O) groups is 1. The normalized spacial score (nSPS) is 12.4. The Kier molecular flexibility index (Phi) is 6.97. The van der Waals surface area contributed by atoms with E-state index in [2.05, 4.69) is 19.6 Å². The van der Waals surface area contributed by atoms with Gasteiger partial charge in [-0.05, 0) is 12.3 Å². The maximum absolute atomic E-state index is 10.8. The van der Waals surface area contributed by atoms with Crippen molar-refractivity contribution in [3.05, 3.63) is 34.3 Å². The fourth-order valence-electron chi connectivity index (χ4n) is 1.56. The molecule has 0 atom stereocenters. The first kappa shape index (κ1) is 18.3. The molecule has 1 aromatic rings. The lowest BCUT2D eigenvalue weighted by Crippen LogP contribution is -2.25. The lowest BCUT2D eigenvalue weighted by molar-refractivity contribution is -0.142. The summed E-state index contributed by atoms with van der Waals surface area (Å²) in [6.45, 7) is 8.48. The van der Waals surface area contributed by atoms with Crippen LogP contribution in [0.4, 0.5) is 0 Å². The van der Waals surface area contributed by atoms with Crippen molar-refractivity contribution in [2.75, 3.05) is 12.4 Å². The van der Waals surface area contributed by atoms with E-state index >= 15 is 0 Å². The maximum Gasteiger partial charge on any atom is 0.302 e. The standard InChI is InChI=1S/C15H22ClNO2SSi/c1-11(18)19-9-13-7-6-12(8-14(13)16)15(20-2)17-10-21(3,4)5/h6-8H,9-10H2,1-5H3. The highest BCUT2D eigenvalue weighted by Gasteiger charge is 2.13. The van der Waals surface area contributed by atoms with E-state index in [1.165, 1.54) is 6.92 Å². The van der Waals surface area contributed by atoms with Gasteiger partial charge in [-0.3, -0.25) is 9.79 Å². The zero-order chi connectivity index (χ0) is 16.0. The minimum atomic E-state index is -1.21. The van der Waals surface area contributed by atoms with E-state index in [1.54, 1.807) is 11.8 Å². The van der Waals surface area contributed by atoms with Gasteiger partial charge < -0.3 is 4.74 Å². The molecule has 0 N–H and O–H groups in total. The lowest BCUT2D eigenvalue weighted by atomic mass is 10.1. The van der Waals surface area contributed by atoms with Crippen LogP contribution in [0.15, 0.2) is 23.2 Å². The number of ether oxygens (including phenoxy) is 1. The molecule has 1 rings (SSSR count). The Balaban J connectivity index is 2.92. The molecule has 6 heteroatoms. The summed E-state index contributed by atoms with van der Waals surface area (Å²) in [5.41, 5.74) is 1.82. The van der Waals surface area contributed by atoms with Gasteiger partial charge in [0.25, 0.3) is 0 Å². The molecule has 0 aliphatic heterocycles. The van der Waals surface area contributed by atoms with Crippen LogP contribution >= 0.6 is 23.4 Å². The van der Waals surface area contributed by atoms with Gasteiger partial charge in [0.1, 0.15) is 6.61 Å². The fraction of sp³-hybridized carbons (Fsp3) is 0.467. The average Bonchev–Trinajstić information content (AvgIpc) is 2.37. The third-order valence-electron chi connectivity index (χ3n) is 2.62. The van der Waals surface area contributed by atoms with Crippen molar-refractivity contribution in [1.29, 1.82) is 0 Å². The molecule has 0 aliphatic carbocycles. The van der Waals surface area contributed by atoms with E-state index in [9.17, 15) is 4.79 Å². The maximum atomic E-state index is 10.8. The highest BCUT2D eigenvalue weighted by molar-refractivity contribution is 8.13. The molecule has 0 bridgehead atoms. The van der Waals surface area contributed by atoms with E-state index in [0.29, 0.717) is 5.02 Å². The molecule has 0 aliphatic rings. The summed E-state index contributed by atoms with van der Waals surface area (Å²) in [5, 5.41) is 1.60. The molecule has 3 nitrogen and oxygen atoms in total. The quantitative estimate of drug-likeness (QED) is 0.344. The SMILES string of the molecule is CSC(=NC[Si](C)(C)C)c1ccc(COC(C)=O)c(Cl)c1. The summed E-state index contributed by atoms with van der Waals surface area (Å²) in [6.07, 6.45) is 2.92. The van der Waals surface area contributed by atoms with Crippen molar-refractivity contribution in [3.8, 4) is 0 Å². The van der Waals surface area contributed by atoms with Gasteiger partial charge in [0.2, 0.25) is 0 Å². The molecular weight excluding hydrogens is 322 g/mol. The molecule has 0 fully saturated rings. The van der Waals surface area contributed by atoms with Crippen LogP contribution < -0.4 is 0 Å². The van der Waals surface area contributed by atoms with E-state index < -0.39 is 8.07 Å². The average molecular weight is 344 g/mol. The molecule has 1 aromatic carbocycles. The van der Waals surface area contributed by atoms with Gasteiger partial charge in [0.05, 0.1) is 13.1 Å². The third kappa shape index (κ3) is 6.67. The fourth-order valence-corrected chi connectivity index (χ4v) is 3.10. The molecule has 0 amide bonds. The molecule has 0 aromatic heterocycles. The summed E-state index contributed by atoms with van der Waals surface area (Å²) in [7, 11) is -1.21. The first-order valence-electron chi connectivity index (χ1n) is 6.73. The summed E-state index contributed by atoms with van der Waals surface area (Å²) in [4.78, 5) is 15.6. The van der Waals surface area contributed by atoms with Crippen LogP contribution in [0.5, 0.6) is 0 Å². The number of aliphatic imine (C=N–C) groups is 1. The number of benzene rings is 1. The van der Waals surface area contributed by atoms with E-state index in [4.69, 9.17) is 21.3 Å². The molecule has 0 heterocycles. The van der Waals surface area contributed by atoms with E-state index in [-0.39, 0.29) is 12.6 Å². The van der Waals surface area contributed by atoms with Crippen molar-refractivity contribution in [2.45, 2.75) is 33.2 Å². The Labute approximate surface area is 137 Å². The van der Waals surface area contributed by atoms with Crippen LogP contribution in [0.2, 0.25) is 24.7 Å². The first-order valence-corrected chi connectivity index (χ1v) is 12.0. The molecule has 116 valence electrons. The van der Waals surface area contributed by atoms with Gasteiger partial charge in [-0.1, -0.05) is 43.4 Å². The minimum Gasteiger partial charge on any atom is -0.461 e. The van der Waals surface area contributed by atoms with Crippen LogP contribution in [0.3, 0.4) is 0 Å². The van der Waals surface area contributed by atoms with Gasteiger partial charge in [-0.2, -0.15) is 0 Å². The molecule has 0 unspecified atom stereocenters. The smallest absolute Gasteiger partial charge is 0.302 e. The van der Waals surface area contributed by atoms with E-state index in [1.807, 2.05) is 24.5 Å². The number of halogens is 1. The molecular formula is C15H22ClNO2SSi. The van der Waals surface area contributed by atoms with Gasteiger partial charge in [0.15, 0.2) is 0 Å². The molecule has 21 heavy (non-hydrogen) atoms. The largest absolute Gasteiger partial charge is 0.461 e. The predicted molar refractivity (Wildman–Crippen MR) is 95.2 cm³/mol. The van der Waals surface area contributed by atoms with Crippen LogP contribution in [0, 0.1) is 0 Å². The number of esters is 1. The highest BCUT2D eigenvalue weighted by Crippen LogP contribution is 2.22. The van der Waals surface area contributed by atoms with Crippen molar-refractivity contribution in [3.63, 3.8) is 0 Å². The number of nitrogens with zero attached hydrogens (tertiary/aromatic N) is 1. The number of thioether (sulfide) groups is 1. The highest BCUT2D eigenvalue weighted by atomic mass is 35.5. The van der Waals surface area contributed by atoms with Gasteiger partial charge in [-0.15, -0.1) is 11.8 Å². The summed E-state index contributed by atoms with van der Waals surface area (Å²) < 4.78 is 4.97. The molecule has 0 saturated carbocycles. The Hall–Kier alpha value is -0.783. The zero-order valence-corrected chi connectivity index (χ0v) is 15.8. The third-order valence-corrected chi connectivity index (χ3v) is 4.83. The second kappa shape index (κ2) is 8.01. The topological polar surface area (TPSA) is 38.7 Å². The lowest BCUT2D eigenvalue weighted by Gasteiger charge is -2.14. The Morgan fingerprint density at radius 1 is 1.38 bits per heavy atom. The number of hydrogen-bond acceptors (Lipinski definition) is 4. The zero-order valence-electron chi connectivity index (χ0n) is 13.2. The van der Waals surface area contributed by atoms with E-state index in [0.717, 1.165) is 22.3 Å². The number of carbonyl (C=O) groups excluding carboxylic acids is 1. The Morgan fingerprint density at radius 3 is 2.52 bits per heavy atom. The van der Waals surface area contributed by atoms with Gasteiger partial charge >= 0.3 is 5.97 Å². The van der Waals surface area contributed by atoms with Crippen molar-refractivity contribution < 1.29 is 9.53 Å². The van der Waals surface area contributed by atoms with Crippen LogP contribution in [0.1, 0.15) is 18.1 Å². The minimum absolute atomic E-state index is 0.203. The molecule has 0 saturated heterocycles. The molecule has 0 spiro atoms. The summed E-state index contributed by atoms with van der Waals surface area (Å²) >= 11 is 7.88. The van der Waals surface area contributed by atoms with Crippen LogP contribution in [-0.4, -0.2) is 31.5 Å². The second-order valence-corrected chi connectivity index (χ2v) is 12.6. The van der Waals surface area contributed by atoms with Crippen molar-refractivity contribution in [2.24, 2.45) is 4.99 Å². The Bertz CT molecular complexity index is 541. The van der Waals surface area contributed by atoms with Crippen LogP contribution in [0.25, 0.3) is 0 Å². The van der Waals surface area contributed by atoms with Gasteiger partial charge in [0, 0.05) is 29.2 Å². The van der Waals surface area contributed by atoms with Crippen molar-refractivity contribution >= 4 is 42.4 Å². The van der Waals surface area contributed by atoms with Crippen molar-refractivity contribution in [1.82, 2.24) is 0 Å². The summed E-state index contributed by atoms with van der Waals surface area (Å²) in [6, 6.07) is 5.76. The number of hydrogen-bond donors (Lipinski definition) is 0. The second-order valence-electron chi connectivity index (χ2n) is 5.97. The van der Waals surface area contributed by atoms with Gasteiger partial charge in [-0.25, -0.2) is 0 Å². The summed E-state index contributed by atoms with van der Waals surface area (Å²) in [5.74, 6) is -0.309. The number of rotatable bonds is 5. The monoisotopic (exact) mass is 343 g/mol. The van der Waals surface area contributed by atoms with Crippen LogP contribution in [-0.2, 0) is 16.1 Å². The first-order chi connectivity index (χ1) is 9.73.